The Morgan fingerprint density at radius 3 is 2.41 bits per heavy atom. The number of methoxy groups -OCH3 is 1. The largest absolute Gasteiger partial charge is 0.496 e. The Morgan fingerprint density at radius 1 is 1.11 bits per heavy atom. The van der Waals surface area contributed by atoms with Crippen molar-refractivity contribution in [1.82, 2.24) is 5.32 Å². The van der Waals surface area contributed by atoms with E-state index < -0.39 is 17.5 Å². The zero-order chi connectivity index (χ0) is 19.3. The fraction of sp³-hybridized carbons (Fsp3) is 0.333. The van der Waals surface area contributed by atoms with Crippen LogP contribution in [0.2, 0.25) is 0 Å². The van der Waals surface area contributed by atoms with Crippen molar-refractivity contribution in [2.45, 2.75) is 24.9 Å². The third kappa shape index (κ3) is 4.58. The van der Waals surface area contributed by atoms with Gasteiger partial charge in [-0.05, 0) is 30.2 Å². The number of para-hydroxylation sites is 2. The number of carbonyl (C=O) groups is 2. The molecule has 6 nitrogen and oxygen atoms in total. The van der Waals surface area contributed by atoms with Crippen LogP contribution in [-0.4, -0.2) is 36.2 Å². The number of hydrogen-bond acceptors (Lipinski definition) is 4. The van der Waals surface area contributed by atoms with Crippen molar-refractivity contribution < 1.29 is 24.2 Å². The summed E-state index contributed by atoms with van der Waals surface area (Å²) in [7, 11) is 1.55. The number of benzene rings is 2. The Morgan fingerprint density at radius 2 is 1.78 bits per heavy atom. The van der Waals surface area contributed by atoms with Gasteiger partial charge in [0.1, 0.15) is 11.5 Å². The molecule has 27 heavy (non-hydrogen) atoms. The highest BCUT2D eigenvalue weighted by atomic mass is 16.5. The van der Waals surface area contributed by atoms with E-state index in [2.05, 4.69) is 5.32 Å². The molecule has 0 bridgehead atoms. The number of nitrogens with one attached hydrogen (secondary N) is 1. The third-order valence-corrected chi connectivity index (χ3v) is 4.69. The van der Waals surface area contributed by atoms with Crippen molar-refractivity contribution >= 4 is 11.9 Å². The average Bonchev–Trinajstić information content (AvgIpc) is 3.46. The predicted octanol–water partition coefficient (Wildman–Crippen LogP) is 2.67. The summed E-state index contributed by atoms with van der Waals surface area (Å²) in [5.41, 5.74) is -0.0854. The summed E-state index contributed by atoms with van der Waals surface area (Å²) in [6.45, 7) is 0.0338. The smallest absolute Gasteiger partial charge is 0.308 e. The lowest BCUT2D eigenvalue weighted by atomic mass is 9.98. The van der Waals surface area contributed by atoms with Gasteiger partial charge in [0.25, 0.3) is 5.91 Å². The van der Waals surface area contributed by atoms with Crippen LogP contribution in [0.1, 0.15) is 18.4 Å². The molecule has 1 aliphatic rings. The van der Waals surface area contributed by atoms with Crippen molar-refractivity contribution in [2.24, 2.45) is 5.92 Å². The molecule has 2 aromatic rings. The molecule has 0 saturated heterocycles. The van der Waals surface area contributed by atoms with E-state index in [1.165, 1.54) is 0 Å². The molecule has 2 aromatic carbocycles. The summed E-state index contributed by atoms with van der Waals surface area (Å²) in [5, 5.41) is 12.3. The van der Waals surface area contributed by atoms with E-state index in [1.807, 2.05) is 36.4 Å². The molecule has 6 heteroatoms. The minimum absolute atomic E-state index is 0.0338. The standard InChI is InChI=1S/C21H23NO5/c1-26-18-10-6-5-7-15(18)13-16(19(23)24)14-22-20(25)21(11-12-21)27-17-8-3-2-4-9-17/h2-10,16H,11-14H2,1H3,(H,22,25)(H,23,24). The number of carbonyl (C=O) groups excluding carboxylic acids is 1. The minimum Gasteiger partial charge on any atom is -0.496 e. The topological polar surface area (TPSA) is 84.9 Å². The molecular formula is C21H23NO5. The molecule has 1 fully saturated rings. The quantitative estimate of drug-likeness (QED) is 0.710. The van der Waals surface area contributed by atoms with Crippen LogP contribution in [0.4, 0.5) is 0 Å². The molecule has 2 N–H and O–H groups in total. The molecule has 142 valence electrons. The molecule has 0 aliphatic heterocycles. The summed E-state index contributed by atoms with van der Waals surface area (Å²) >= 11 is 0. The molecule has 1 amide bonds. The van der Waals surface area contributed by atoms with E-state index in [4.69, 9.17) is 9.47 Å². The van der Waals surface area contributed by atoms with Gasteiger partial charge in [-0.25, -0.2) is 0 Å². The monoisotopic (exact) mass is 369 g/mol. The zero-order valence-electron chi connectivity index (χ0n) is 15.2. The number of amides is 1. The second-order valence-corrected chi connectivity index (χ2v) is 6.67. The molecular weight excluding hydrogens is 346 g/mol. The highest BCUT2D eigenvalue weighted by molar-refractivity contribution is 5.89. The number of hydrogen-bond donors (Lipinski definition) is 2. The number of carboxylic acids is 1. The van der Waals surface area contributed by atoms with Crippen LogP contribution >= 0.6 is 0 Å². The first-order valence-corrected chi connectivity index (χ1v) is 8.91. The van der Waals surface area contributed by atoms with Gasteiger partial charge < -0.3 is 19.9 Å². The van der Waals surface area contributed by atoms with Gasteiger partial charge in [-0.1, -0.05) is 36.4 Å². The van der Waals surface area contributed by atoms with E-state index in [0.29, 0.717) is 24.3 Å². The molecule has 3 rings (SSSR count). The van der Waals surface area contributed by atoms with E-state index in [1.54, 1.807) is 25.3 Å². The second kappa shape index (κ2) is 8.12. The van der Waals surface area contributed by atoms with Crippen LogP contribution in [-0.2, 0) is 16.0 Å². The Kier molecular flexibility index (Phi) is 5.64. The van der Waals surface area contributed by atoms with Gasteiger partial charge in [-0.2, -0.15) is 0 Å². The van der Waals surface area contributed by atoms with E-state index in [9.17, 15) is 14.7 Å². The van der Waals surface area contributed by atoms with Crippen LogP contribution in [0.25, 0.3) is 0 Å². The fourth-order valence-corrected chi connectivity index (χ4v) is 2.96. The van der Waals surface area contributed by atoms with Gasteiger partial charge in [-0.3, -0.25) is 9.59 Å². The predicted molar refractivity (Wildman–Crippen MR) is 99.9 cm³/mol. The van der Waals surface area contributed by atoms with Crippen LogP contribution in [0, 0.1) is 5.92 Å². The maximum absolute atomic E-state index is 12.6. The summed E-state index contributed by atoms with van der Waals surface area (Å²) < 4.78 is 11.1. The Labute approximate surface area is 158 Å². The second-order valence-electron chi connectivity index (χ2n) is 6.67. The van der Waals surface area contributed by atoms with Crippen LogP contribution in [0.15, 0.2) is 54.6 Å². The average molecular weight is 369 g/mol. The molecule has 1 aliphatic carbocycles. The van der Waals surface area contributed by atoms with Crippen molar-refractivity contribution in [3.8, 4) is 11.5 Å². The van der Waals surface area contributed by atoms with Crippen LogP contribution < -0.4 is 14.8 Å². The van der Waals surface area contributed by atoms with Gasteiger partial charge in [-0.15, -0.1) is 0 Å². The van der Waals surface area contributed by atoms with E-state index >= 15 is 0 Å². The molecule has 0 aromatic heterocycles. The molecule has 0 spiro atoms. The van der Waals surface area contributed by atoms with Crippen molar-refractivity contribution in [3.63, 3.8) is 0 Å². The molecule has 1 saturated carbocycles. The van der Waals surface area contributed by atoms with Gasteiger partial charge in [0.05, 0.1) is 13.0 Å². The highest BCUT2D eigenvalue weighted by Gasteiger charge is 2.53. The first kappa shape index (κ1) is 18.8. The molecule has 1 atom stereocenters. The van der Waals surface area contributed by atoms with Crippen molar-refractivity contribution in [2.75, 3.05) is 13.7 Å². The zero-order valence-corrected chi connectivity index (χ0v) is 15.2. The molecule has 0 heterocycles. The van der Waals surface area contributed by atoms with Crippen LogP contribution in [0.5, 0.6) is 11.5 Å². The highest BCUT2D eigenvalue weighted by Crippen LogP contribution is 2.40. The third-order valence-electron chi connectivity index (χ3n) is 4.69. The normalized spacial score (nSPS) is 15.4. The summed E-state index contributed by atoms with van der Waals surface area (Å²) in [6, 6.07) is 16.5. The minimum atomic E-state index is -0.963. The number of carboxylic acid groups (broad SMARTS) is 1. The van der Waals surface area contributed by atoms with E-state index in [0.717, 1.165) is 5.56 Å². The summed E-state index contributed by atoms with van der Waals surface area (Å²) in [6.07, 6.45) is 1.52. The maximum atomic E-state index is 12.6. The lowest BCUT2D eigenvalue weighted by Crippen LogP contribution is -2.43. The number of ether oxygens (including phenoxy) is 2. The van der Waals surface area contributed by atoms with Gasteiger partial charge >= 0.3 is 5.97 Å². The van der Waals surface area contributed by atoms with Gasteiger partial charge in [0.2, 0.25) is 0 Å². The van der Waals surface area contributed by atoms with E-state index in [-0.39, 0.29) is 18.9 Å². The summed E-state index contributed by atoms with van der Waals surface area (Å²) in [4.78, 5) is 24.2. The van der Waals surface area contributed by atoms with Gasteiger partial charge in [0, 0.05) is 19.4 Å². The Hall–Kier alpha value is -3.02. The number of aliphatic carboxylic acids is 1. The Balaban J connectivity index is 1.61. The van der Waals surface area contributed by atoms with Crippen molar-refractivity contribution in [3.05, 3.63) is 60.2 Å². The van der Waals surface area contributed by atoms with Gasteiger partial charge in [0.15, 0.2) is 5.60 Å². The van der Waals surface area contributed by atoms with Crippen LogP contribution in [0.3, 0.4) is 0 Å². The lowest BCUT2D eigenvalue weighted by molar-refractivity contribution is -0.142. The first-order chi connectivity index (χ1) is 13.0. The van der Waals surface area contributed by atoms with Crippen molar-refractivity contribution in [1.29, 1.82) is 0 Å². The maximum Gasteiger partial charge on any atom is 0.308 e. The number of rotatable bonds is 9. The lowest BCUT2D eigenvalue weighted by Gasteiger charge is -2.20. The summed E-state index contributed by atoms with van der Waals surface area (Å²) in [5.74, 6) is -0.708. The Bertz CT molecular complexity index is 801. The SMILES string of the molecule is COc1ccccc1CC(CNC(=O)C1(Oc2ccccc2)CC1)C(=O)O. The first-order valence-electron chi connectivity index (χ1n) is 8.91. The fourth-order valence-electron chi connectivity index (χ4n) is 2.96. The molecule has 1 unspecified atom stereocenters. The molecule has 0 radical (unpaired) electrons.